The van der Waals surface area contributed by atoms with Crippen LogP contribution in [0.25, 0.3) is 11.2 Å². The van der Waals surface area contributed by atoms with Crippen LogP contribution in [0.4, 0.5) is 5.95 Å². The van der Waals surface area contributed by atoms with E-state index < -0.39 is 17.4 Å². The number of aliphatic hydroxyl groups excluding tert-OH is 1. The largest absolute Gasteiger partial charge is 0.389 e. The van der Waals surface area contributed by atoms with E-state index in [1.54, 1.807) is 11.6 Å². The van der Waals surface area contributed by atoms with Gasteiger partial charge >= 0.3 is 5.69 Å². The van der Waals surface area contributed by atoms with Gasteiger partial charge in [-0.2, -0.15) is 4.98 Å². The molecular formula is C18H29N5O4. The number of nitrogens with zero attached hydrogens (tertiary/aromatic N) is 3. The summed E-state index contributed by atoms with van der Waals surface area (Å²) in [6, 6.07) is 0.273. The molecular weight excluding hydrogens is 350 g/mol. The first-order valence-corrected chi connectivity index (χ1v) is 9.62. The van der Waals surface area contributed by atoms with Gasteiger partial charge in [0.25, 0.3) is 5.56 Å². The maximum Gasteiger partial charge on any atom is 0.329 e. The molecule has 0 spiro atoms. The molecule has 2 aromatic heterocycles. The van der Waals surface area contributed by atoms with Crippen molar-refractivity contribution in [3.05, 3.63) is 20.8 Å². The molecule has 2 heterocycles. The lowest BCUT2D eigenvalue weighted by molar-refractivity contribution is -0.000120. The van der Waals surface area contributed by atoms with Gasteiger partial charge < -0.3 is 19.7 Å². The molecule has 150 valence electrons. The molecule has 9 heteroatoms. The number of hydrogen-bond acceptors (Lipinski definition) is 6. The highest BCUT2D eigenvalue weighted by atomic mass is 16.5. The van der Waals surface area contributed by atoms with Crippen molar-refractivity contribution < 1.29 is 9.84 Å². The van der Waals surface area contributed by atoms with Gasteiger partial charge in [0.05, 0.1) is 25.4 Å². The van der Waals surface area contributed by atoms with Crippen molar-refractivity contribution in [2.45, 2.75) is 70.7 Å². The molecule has 0 saturated heterocycles. The molecule has 1 aliphatic carbocycles. The molecule has 0 amide bonds. The number of H-pyrrole nitrogens is 1. The third-order valence-electron chi connectivity index (χ3n) is 4.96. The Morgan fingerprint density at radius 1 is 1.30 bits per heavy atom. The summed E-state index contributed by atoms with van der Waals surface area (Å²) < 4.78 is 8.46. The van der Waals surface area contributed by atoms with E-state index in [4.69, 9.17) is 4.74 Å². The minimum absolute atomic E-state index is 0.00300. The van der Waals surface area contributed by atoms with E-state index in [9.17, 15) is 14.7 Å². The highest BCUT2D eigenvalue weighted by molar-refractivity contribution is 5.74. The van der Waals surface area contributed by atoms with Gasteiger partial charge in [-0.05, 0) is 26.7 Å². The molecule has 1 aliphatic rings. The molecule has 1 atom stereocenters. The lowest BCUT2D eigenvalue weighted by Crippen LogP contribution is -2.31. The van der Waals surface area contributed by atoms with Crippen LogP contribution in [0, 0.1) is 0 Å². The first kappa shape index (κ1) is 19.6. The number of nitrogens with one attached hydrogen (secondary N) is 2. The van der Waals surface area contributed by atoms with Crippen molar-refractivity contribution in [2.75, 3.05) is 11.9 Å². The smallest absolute Gasteiger partial charge is 0.329 e. The summed E-state index contributed by atoms with van der Waals surface area (Å²) >= 11 is 0. The first-order chi connectivity index (χ1) is 12.9. The van der Waals surface area contributed by atoms with Gasteiger partial charge in [0.2, 0.25) is 5.95 Å². The van der Waals surface area contributed by atoms with Crippen LogP contribution < -0.4 is 16.6 Å². The lowest BCUT2D eigenvalue weighted by Gasteiger charge is -2.24. The zero-order valence-corrected chi connectivity index (χ0v) is 16.2. The van der Waals surface area contributed by atoms with Gasteiger partial charge in [0, 0.05) is 13.1 Å². The lowest BCUT2D eigenvalue weighted by atomic mass is 9.96. The molecule has 3 N–H and O–H groups in total. The van der Waals surface area contributed by atoms with Crippen LogP contribution in [-0.2, 0) is 18.3 Å². The fraction of sp³-hybridized carbons (Fsp3) is 0.722. The number of aromatic amines is 1. The molecule has 0 aliphatic heterocycles. The van der Waals surface area contributed by atoms with E-state index in [-0.39, 0.29) is 30.8 Å². The fourth-order valence-electron chi connectivity index (χ4n) is 3.52. The Hall–Kier alpha value is -2.13. The minimum atomic E-state index is -0.798. The normalized spacial score (nSPS) is 16.9. The first-order valence-electron chi connectivity index (χ1n) is 9.62. The van der Waals surface area contributed by atoms with Gasteiger partial charge in [0.15, 0.2) is 11.2 Å². The third-order valence-corrected chi connectivity index (χ3v) is 4.96. The summed E-state index contributed by atoms with van der Waals surface area (Å²) in [5, 5.41) is 13.8. The Kier molecular flexibility index (Phi) is 6.01. The predicted molar refractivity (Wildman–Crippen MR) is 103 cm³/mol. The molecule has 0 aromatic carbocycles. The zero-order chi connectivity index (χ0) is 19.6. The summed E-state index contributed by atoms with van der Waals surface area (Å²) in [7, 11) is 1.57. The summed E-state index contributed by atoms with van der Waals surface area (Å²) in [5.41, 5.74) is -0.433. The maximum absolute atomic E-state index is 12.5. The third kappa shape index (κ3) is 4.41. The quantitative estimate of drug-likeness (QED) is 0.660. The van der Waals surface area contributed by atoms with Crippen LogP contribution in [0.5, 0.6) is 0 Å². The fourth-order valence-corrected chi connectivity index (χ4v) is 3.52. The van der Waals surface area contributed by atoms with Crippen LogP contribution >= 0.6 is 0 Å². The zero-order valence-electron chi connectivity index (χ0n) is 16.2. The van der Waals surface area contributed by atoms with Crippen LogP contribution in [-0.4, -0.2) is 49.1 Å². The van der Waals surface area contributed by atoms with Crippen molar-refractivity contribution >= 4 is 17.1 Å². The maximum atomic E-state index is 12.5. The molecule has 27 heavy (non-hydrogen) atoms. The van der Waals surface area contributed by atoms with Crippen molar-refractivity contribution in [3.8, 4) is 0 Å². The second-order valence-electron chi connectivity index (χ2n) is 7.55. The Morgan fingerprint density at radius 3 is 2.67 bits per heavy atom. The molecule has 1 saturated carbocycles. The van der Waals surface area contributed by atoms with Crippen LogP contribution in [0.15, 0.2) is 9.59 Å². The molecule has 9 nitrogen and oxygen atoms in total. The molecule has 0 radical (unpaired) electrons. The second-order valence-corrected chi connectivity index (χ2v) is 7.55. The SMILES string of the molecule is CC(C)OC[C@H](O)Cn1c(NC2CCCCC2)nc2c1c(=O)[nH]c(=O)n2C. The number of aromatic nitrogens is 4. The standard InChI is InChI=1S/C18H29N5O4/c1-11(2)27-10-13(24)9-23-14-15(22(3)18(26)21-16(14)25)20-17(23)19-12-7-5-4-6-8-12/h11-13,24H,4-10H2,1-3H3,(H,19,20)(H,21,25,26)/t13-/m1/s1. The summed E-state index contributed by atoms with van der Waals surface area (Å²) in [6.45, 7) is 4.11. The highest BCUT2D eigenvalue weighted by Crippen LogP contribution is 2.23. The number of anilines is 1. The van der Waals surface area contributed by atoms with Crippen LogP contribution in [0.3, 0.4) is 0 Å². The molecule has 1 fully saturated rings. The number of rotatable bonds is 7. The van der Waals surface area contributed by atoms with E-state index in [2.05, 4.69) is 15.3 Å². The van der Waals surface area contributed by atoms with Gasteiger partial charge in [-0.25, -0.2) is 4.79 Å². The van der Waals surface area contributed by atoms with Crippen molar-refractivity contribution in [2.24, 2.45) is 7.05 Å². The molecule has 3 rings (SSSR count). The summed E-state index contributed by atoms with van der Waals surface area (Å²) in [5.74, 6) is 0.507. The van der Waals surface area contributed by atoms with Crippen molar-refractivity contribution in [1.82, 2.24) is 19.1 Å². The summed E-state index contributed by atoms with van der Waals surface area (Å²) in [4.78, 5) is 31.2. The van der Waals surface area contributed by atoms with Gasteiger partial charge in [-0.3, -0.25) is 14.3 Å². The highest BCUT2D eigenvalue weighted by Gasteiger charge is 2.22. The number of ether oxygens (including phenoxy) is 1. The molecule has 0 bridgehead atoms. The van der Waals surface area contributed by atoms with Gasteiger partial charge in [-0.1, -0.05) is 19.3 Å². The molecule has 2 aromatic rings. The Bertz CT molecular complexity index is 892. The number of fused-ring (bicyclic) bond motifs is 1. The number of hydrogen-bond donors (Lipinski definition) is 3. The minimum Gasteiger partial charge on any atom is -0.389 e. The average Bonchev–Trinajstić information content (AvgIpc) is 2.97. The van der Waals surface area contributed by atoms with Gasteiger partial charge in [-0.15, -0.1) is 0 Å². The van der Waals surface area contributed by atoms with E-state index in [1.165, 1.54) is 11.0 Å². The van der Waals surface area contributed by atoms with Crippen molar-refractivity contribution in [3.63, 3.8) is 0 Å². The monoisotopic (exact) mass is 379 g/mol. The van der Waals surface area contributed by atoms with E-state index in [1.807, 2.05) is 13.8 Å². The Balaban J connectivity index is 1.98. The second kappa shape index (κ2) is 8.26. The van der Waals surface area contributed by atoms with E-state index in [0.29, 0.717) is 11.6 Å². The topological polar surface area (TPSA) is 114 Å². The van der Waals surface area contributed by atoms with E-state index >= 15 is 0 Å². The molecule has 0 unspecified atom stereocenters. The van der Waals surface area contributed by atoms with Crippen LogP contribution in [0.1, 0.15) is 46.0 Å². The predicted octanol–water partition coefficient (Wildman–Crippen LogP) is 0.954. The van der Waals surface area contributed by atoms with Gasteiger partial charge in [0.1, 0.15) is 0 Å². The average molecular weight is 379 g/mol. The number of aryl methyl sites for hydroxylation is 1. The van der Waals surface area contributed by atoms with Crippen LogP contribution in [0.2, 0.25) is 0 Å². The number of aliphatic hydroxyl groups is 1. The Labute approximate surface area is 157 Å². The van der Waals surface area contributed by atoms with Crippen molar-refractivity contribution in [1.29, 1.82) is 0 Å². The van der Waals surface area contributed by atoms with E-state index in [0.717, 1.165) is 25.7 Å². The Morgan fingerprint density at radius 2 is 2.00 bits per heavy atom. The number of imidazole rings is 1. The summed E-state index contributed by atoms with van der Waals surface area (Å²) in [6.07, 6.45) is 4.82.